The first-order valence-electron chi connectivity index (χ1n) is 5.78. The number of rotatable bonds is 3. The van der Waals surface area contributed by atoms with Gasteiger partial charge in [0.15, 0.2) is 5.78 Å². The molecule has 0 saturated carbocycles. The normalized spacial score (nSPS) is 18.0. The van der Waals surface area contributed by atoms with Crippen LogP contribution in [0.2, 0.25) is 0 Å². The zero-order chi connectivity index (χ0) is 11.2. The van der Waals surface area contributed by atoms with E-state index in [1.54, 1.807) is 6.08 Å². The molecule has 16 heavy (non-hydrogen) atoms. The summed E-state index contributed by atoms with van der Waals surface area (Å²) in [6, 6.07) is 10.5. The van der Waals surface area contributed by atoms with Crippen molar-refractivity contribution in [1.82, 2.24) is 0 Å². The van der Waals surface area contributed by atoms with Gasteiger partial charge >= 0.3 is 0 Å². The molecule has 1 heteroatoms. The predicted octanol–water partition coefficient (Wildman–Crippen LogP) is 3.46. The van der Waals surface area contributed by atoms with Crippen LogP contribution in [0.15, 0.2) is 54.1 Å². The maximum atomic E-state index is 11.0. The van der Waals surface area contributed by atoms with Crippen LogP contribution in [0.25, 0.3) is 0 Å². The number of ketones is 1. The van der Waals surface area contributed by atoms with E-state index in [0.717, 1.165) is 19.3 Å². The smallest absolute Gasteiger partial charge is 0.156 e. The van der Waals surface area contributed by atoms with Gasteiger partial charge in [-0.3, -0.25) is 4.79 Å². The first-order chi connectivity index (χ1) is 7.84. The van der Waals surface area contributed by atoms with Gasteiger partial charge in [-0.15, -0.1) is 0 Å². The lowest BCUT2D eigenvalue weighted by atomic mass is 9.99. The minimum absolute atomic E-state index is 0.250. The number of benzene rings is 1. The molecule has 0 atom stereocenters. The molecule has 1 aliphatic rings. The van der Waals surface area contributed by atoms with E-state index in [0.29, 0.717) is 6.42 Å². The lowest BCUT2D eigenvalue weighted by Crippen LogP contribution is -1.99. The van der Waals surface area contributed by atoms with Gasteiger partial charge in [0.05, 0.1) is 0 Å². The molecule has 0 saturated heterocycles. The van der Waals surface area contributed by atoms with Crippen molar-refractivity contribution in [2.75, 3.05) is 0 Å². The van der Waals surface area contributed by atoms with Crippen molar-refractivity contribution < 1.29 is 4.79 Å². The third-order valence-corrected chi connectivity index (χ3v) is 2.83. The molecule has 0 fully saturated rings. The maximum Gasteiger partial charge on any atom is 0.156 e. The van der Waals surface area contributed by atoms with Gasteiger partial charge in [-0.25, -0.2) is 0 Å². The number of hydrogen-bond donors (Lipinski definition) is 0. The standard InChI is InChI=1S/C15H16O/c16-15-11-9-14(10-12-15)8-4-7-13-5-2-1-3-6-13/h1-3,5-6,8-9,11H,4,7,10,12H2/b14-8-. The predicted molar refractivity (Wildman–Crippen MR) is 66.2 cm³/mol. The van der Waals surface area contributed by atoms with Crippen LogP contribution in [0.4, 0.5) is 0 Å². The molecule has 0 aromatic heterocycles. The highest BCUT2D eigenvalue weighted by atomic mass is 16.1. The van der Waals surface area contributed by atoms with Crippen molar-refractivity contribution in [3.63, 3.8) is 0 Å². The Hall–Kier alpha value is -1.63. The first kappa shape index (κ1) is 10.9. The van der Waals surface area contributed by atoms with Crippen LogP contribution in [-0.2, 0) is 11.2 Å². The molecule has 1 nitrogen and oxygen atoms in total. The molecule has 0 spiro atoms. The van der Waals surface area contributed by atoms with Crippen molar-refractivity contribution >= 4 is 5.78 Å². The summed E-state index contributed by atoms with van der Waals surface area (Å²) in [5.74, 6) is 0.250. The Bertz CT molecular complexity index is 412. The second kappa shape index (κ2) is 5.45. The second-order valence-corrected chi connectivity index (χ2v) is 4.10. The number of carbonyl (C=O) groups is 1. The molecule has 0 bridgehead atoms. The average Bonchev–Trinajstić information content (AvgIpc) is 2.33. The highest BCUT2D eigenvalue weighted by Crippen LogP contribution is 2.15. The third-order valence-electron chi connectivity index (χ3n) is 2.83. The Morgan fingerprint density at radius 3 is 2.56 bits per heavy atom. The molecule has 0 N–H and O–H groups in total. The van der Waals surface area contributed by atoms with Gasteiger partial charge in [0, 0.05) is 6.42 Å². The molecule has 1 aromatic rings. The minimum atomic E-state index is 0.250. The van der Waals surface area contributed by atoms with Gasteiger partial charge in [-0.1, -0.05) is 48.1 Å². The van der Waals surface area contributed by atoms with Gasteiger partial charge in [0.1, 0.15) is 0 Å². The Balaban J connectivity index is 1.86. The van der Waals surface area contributed by atoms with E-state index >= 15 is 0 Å². The van der Waals surface area contributed by atoms with E-state index in [9.17, 15) is 4.79 Å². The average molecular weight is 212 g/mol. The minimum Gasteiger partial charge on any atom is -0.295 e. The summed E-state index contributed by atoms with van der Waals surface area (Å²) in [4.78, 5) is 11.0. The Kier molecular flexibility index (Phi) is 3.71. The van der Waals surface area contributed by atoms with Crippen molar-refractivity contribution in [1.29, 1.82) is 0 Å². The van der Waals surface area contributed by atoms with Gasteiger partial charge in [-0.05, 0) is 30.9 Å². The highest BCUT2D eigenvalue weighted by Gasteiger charge is 2.05. The van der Waals surface area contributed by atoms with Crippen LogP contribution in [0, 0.1) is 0 Å². The van der Waals surface area contributed by atoms with Crippen LogP contribution in [0.3, 0.4) is 0 Å². The van der Waals surface area contributed by atoms with Gasteiger partial charge in [-0.2, -0.15) is 0 Å². The summed E-state index contributed by atoms with van der Waals surface area (Å²) in [6.45, 7) is 0. The van der Waals surface area contributed by atoms with Crippen LogP contribution >= 0.6 is 0 Å². The molecular formula is C15H16O. The van der Waals surface area contributed by atoms with Crippen molar-refractivity contribution in [2.24, 2.45) is 0 Å². The van der Waals surface area contributed by atoms with E-state index in [-0.39, 0.29) is 5.78 Å². The number of carbonyl (C=O) groups excluding carboxylic acids is 1. The molecule has 2 rings (SSSR count). The summed E-state index contributed by atoms with van der Waals surface area (Å²) in [5.41, 5.74) is 2.67. The molecule has 1 aliphatic carbocycles. The molecule has 0 amide bonds. The Morgan fingerprint density at radius 2 is 1.88 bits per heavy atom. The van der Waals surface area contributed by atoms with Crippen molar-refractivity contribution in [2.45, 2.75) is 25.7 Å². The lowest BCUT2D eigenvalue weighted by Gasteiger charge is -2.06. The van der Waals surface area contributed by atoms with Crippen LogP contribution in [0.5, 0.6) is 0 Å². The molecule has 0 radical (unpaired) electrons. The molecule has 0 heterocycles. The second-order valence-electron chi connectivity index (χ2n) is 4.10. The monoisotopic (exact) mass is 212 g/mol. The maximum absolute atomic E-state index is 11.0. The van der Waals surface area contributed by atoms with E-state index < -0.39 is 0 Å². The lowest BCUT2D eigenvalue weighted by molar-refractivity contribution is -0.114. The van der Waals surface area contributed by atoms with Crippen molar-refractivity contribution in [3.05, 3.63) is 59.7 Å². The zero-order valence-electron chi connectivity index (χ0n) is 9.36. The number of hydrogen-bond acceptors (Lipinski definition) is 1. The largest absolute Gasteiger partial charge is 0.295 e. The molecule has 0 aliphatic heterocycles. The fraction of sp³-hybridized carbons (Fsp3) is 0.267. The summed E-state index contributed by atoms with van der Waals surface area (Å²) in [6.07, 6.45) is 9.60. The number of aryl methyl sites for hydroxylation is 1. The fourth-order valence-electron chi connectivity index (χ4n) is 1.87. The summed E-state index contributed by atoms with van der Waals surface area (Å²) >= 11 is 0. The SMILES string of the molecule is O=C1C=C/C(=C/CCc2ccccc2)CC1. The topological polar surface area (TPSA) is 17.1 Å². The third kappa shape index (κ3) is 3.20. The summed E-state index contributed by atoms with van der Waals surface area (Å²) in [7, 11) is 0. The van der Waals surface area contributed by atoms with E-state index in [2.05, 4.69) is 30.3 Å². The van der Waals surface area contributed by atoms with Crippen LogP contribution in [0.1, 0.15) is 24.8 Å². The van der Waals surface area contributed by atoms with Gasteiger partial charge in [0.25, 0.3) is 0 Å². The summed E-state index contributed by atoms with van der Waals surface area (Å²) in [5, 5.41) is 0. The van der Waals surface area contributed by atoms with Crippen LogP contribution in [-0.4, -0.2) is 5.78 Å². The Morgan fingerprint density at radius 1 is 1.06 bits per heavy atom. The Labute approximate surface area is 96.5 Å². The van der Waals surface area contributed by atoms with Gasteiger partial charge in [0.2, 0.25) is 0 Å². The molecular weight excluding hydrogens is 196 g/mol. The van der Waals surface area contributed by atoms with E-state index in [1.165, 1.54) is 11.1 Å². The fourth-order valence-corrected chi connectivity index (χ4v) is 1.87. The zero-order valence-corrected chi connectivity index (χ0v) is 9.36. The first-order valence-corrected chi connectivity index (χ1v) is 5.78. The van der Waals surface area contributed by atoms with Crippen molar-refractivity contribution in [3.8, 4) is 0 Å². The highest BCUT2D eigenvalue weighted by molar-refractivity contribution is 5.91. The summed E-state index contributed by atoms with van der Waals surface area (Å²) < 4.78 is 0. The van der Waals surface area contributed by atoms with Gasteiger partial charge < -0.3 is 0 Å². The van der Waals surface area contributed by atoms with E-state index in [4.69, 9.17) is 0 Å². The molecule has 1 aromatic carbocycles. The molecule has 82 valence electrons. The van der Waals surface area contributed by atoms with E-state index in [1.807, 2.05) is 12.1 Å². The number of allylic oxidation sites excluding steroid dienone is 4. The quantitative estimate of drug-likeness (QED) is 0.749. The molecule has 0 unspecified atom stereocenters. The van der Waals surface area contributed by atoms with Crippen LogP contribution < -0.4 is 0 Å².